The van der Waals surface area contributed by atoms with Gasteiger partial charge in [0.05, 0.1) is 34.0 Å². The summed E-state index contributed by atoms with van der Waals surface area (Å²) in [6, 6.07) is 11.3. The molecular formula is C21H20Br2ClN3O2S. The molecule has 2 aromatic carbocycles. The summed E-state index contributed by atoms with van der Waals surface area (Å²) in [4.78, 5) is 22.3. The van der Waals surface area contributed by atoms with Gasteiger partial charge in [-0.1, -0.05) is 54.8 Å². The number of aromatic nitrogens is 1. The molecule has 0 saturated carbocycles. The van der Waals surface area contributed by atoms with E-state index in [0.717, 1.165) is 58.4 Å². The van der Waals surface area contributed by atoms with Crippen molar-refractivity contribution >= 4 is 76.1 Å². The van der Waals surface area contributed by atoms with Crippen LogP contribution in [0.15, 0.2) is 45.3 Å². The van der Waals surface area contributed by atoms with Gasteiger partial charge in [-0.2, -0.15) is 0 Å². The van der Waals surface area contributed by atoms with Crippen LogP contribution in [-0.4, -0.2) is 55.2 Å². The number of carbonyl (C=O) groups is 1. The topological polar surface area (TPSA) is 45.7 Å². The SMILES string of the molecule is O=C(c1cc(Br)ccc1Cl)N(CCCN1CCOCC1)c1nc2ccc(Br)cc2s1. The minimum Gasteiger partial charge on any atom is -0.379 e. The third kappa shape index (κ3) is 5.23. The average molecular weight is 574 g/mol. The van der Waals surface area contributed by atoms with E-state index >= 15 is 0 Å². The molecular weight excluding hydrogens is 554 g/mol. The number of hydrogen-bond acceptors (Lipinski definition) is 5. The van der Waals surface area contributed by atoms with Crippen LogP contribution >= 0.6 is 54.8 Å². The molecule has 3 aromatic rings. The van der Waals surface area contributed by atoms with E-state index in [1.54, 1.807) is 17.0 Å². The smallest absolute Gasteiger partial charge is 0.261 e. The second kappa shape index (κ2) is 10.1. The zero-order valence-electron chi connectivity index (χ0n) is 16.1. The zero-order valence-corrected chi connectivity index (χ0v) is 20.9. The zero-order chi connectivity index (χ0) is 21.1. The van der Waals surface area contributed by atoms with Gasteiger partial charge in [0.2, 0.25) is 0 Å². The van der Waals surface area contributed by atoms with E-state index in [1.165, 1.54) is 11.3 Å². The van der Waals surface area contributed by atoms with Crippen molar-refractivity contribution in [3.63, 3.8) is 0 Å². The number of thiazole rings is 1. The molecule has 1 aromatic heterocycles. The monoisotopic (exact) mass is 571 g/mol. The Labute approximate surface area is 201 Å². The van der Waals surface area contributed by atoms with Gasteiger partial charge in [-0.3, -0.25) is 14.6 Å². The summed E-state index contributed by atoms with van der Waals surface area (Å²) in [6.07, 6.45) is 0.844. The van der Waals surface area contributed by atoms with Crippen LogP contribution in [0.1, 0.15) is 16.8 Å². The lowest BCUT2D eigenvalue weighted by atomic mass is 10.2. The number of benzene rings is 2. The lowest BCUT2D eigenvalue weighted by Crippen LogP contribution is -2.39. The summed E-state index contributed by atoms with van der Waals surface area (Å²) >= 11 is 14.8. The highest BCUT2D eigenvalue weighted by Crippen LogP contribution is 2.33. The van der Waals surface area contributed by atoms with Gasteiger partial charge < -0.3 is 4.74 Å². The normalized spacial score (nSPS) is 14.9. The molecule has 0 unspecified atom stereocenters. The summed E-state index contributed by atoms with van der Waals surface area (Å²) in [5.41, 5.74) is 1.35. The van der Waals surface area contributed by atoms with Crippen LogP contribution in [0.3, 0.4) is 0 Å². The van der Waals surface area contributed by atoms with Gasteiger partial charge in [0.1, 0.15) is 0 Å². The molecule has 0 bridgehead atoms. The maximum Gasteiger partial charge on any atom is 0.261 e. The van der Waals surface area contributed by atoms with Gasteiger partial charge in [0.25, 0.3) is 5.91 Å². The van der Waals surface area contributed by atoms with Crippen LogP contribution in [0, 0.1) is 0 Å². The molecule has 5 nitrogen and oxygen atoms in total. The van der Waals surface area contributed by atoms with E-state index in [2.05, 4.69) is 36.8 Å². The lowest BCUT2D eigenvalue weighted by Gasteiger charge is -2.27. The van der Waals surface area contributed by atoms with Crippen LogP contribution in [0.5, 0.6) is 0 Å². The van der Waals surface area contributed by atoms with Gasteiger partial charge in [0, 0.05) is 35.1 Å². The largest absolute Gasteiger partial charge is 0.379 e. The Balaban J connectivity index is 1.60. The van der Waals surface area contributed by atoms with Crippen LogP contribution < -0.4 is 4.90 Å². The maximum atomic E-state index is 13.5. The van der Waals surface area contributed by atoms with E-state index in [1.807, 2.05) is 24.3 Å². The Kier molecular flexibility index (Phi) is 7.44. The quantitative estimate of drug-likeness (QED) is 0.372. The Morgan fingerprint density at radius 2 is 1.90 bits per heavy atom. The van der Waals surface area contributed by atoms with E-state index in [0.29, 0.717) is 22.3 Å². The molecule has 1 amide bonds. The first-order valence-corrected chi connectivity index (χ1v) is 12.4. The van der Waals surface area contributed by atoms with Gasteiger partial charge in [0.15, 0.2) is 5.13 Å². The molecule has 0 N–H and O–H groups in total. The average Bonchev–Trinajstić information content (AvgIpc) is 3.16. The van der Waals surface area contributed by atoms with Crippen LogP contribution in [-0.2, 0) is 4.74 Å². The fourth-order valence-corrected chi connectivity index (χ4v) is 5.47. The molecule has 1 fully saturated rings. The Morgan fingerprint density at radius 1 is 1.17 bits per heavy atom. The van der Waals surface area contributed by atoms with Crippen molar-refractivity contribution in [2.75, 3.05) is 44.3 Å². The molecule has 0 aliphatic carbocycles. The van der Waals surface area contributed by atoms with Gasteiger partial charge in [-0.15, -0.1) is 0 Å². The van der Waals surface area contributed by atoms with Crippen molar-refractivity contribution in [1.29, 1.82) is 0 Å². The summed E-state index contributed by atoms with van der Waals surface area (Å²) in [5.74, 6) is -0.138. The van der Waals surface area contributed by atoms with E-state index in [4.69, 9.17) is 21.3 Å². The van der Waals surface area contributed by atoms with Crippen molar-refractivity contribution < 1.29 is 9.53 Å². The predicted molar refractivity (Wildman–Crippen MR) is 130 cm³/mol. The van der Waals surface area contributed by atoms with Gasteiger partial charge in [-0.25, -0.2) is 4.98 Å². The van der Waals surface area contributed by atoms with Crippen molar-refractivity contribution in [3.05, 3.63) is 55.9 Å². The highest BCUT2D eigenvalue weighted by molar-refractivity contribution is 9.10. The first-order valence-electron chi connectivity index (χ1n) is 9.64. The first kappa shape index (κ1) is 22.2. The summed E-state index contributed by atoms with van der Waals surface area (Å²) in [6.45, 7) is 4.88. The molecule has 4 rings (SSSR count). The fraction of sp³-hybridized carbons (Fsp3) is 0.333. The molecule has 1 aliphatic heterocycles. The van der Waals surface area contributed by atoms with Crippen molar-refractivity contribution in [1.82, 2.24) is 9.88 Å². The van der Waals surface area contributed by atoms with E-state index in [-0.39, 0.29) is 5.91 Å². The third-order valence-electron chi connectivity index (χ3n) is 4.93. The Morgan fingerprint density at radius 3 is 2.70 bits per heavy atom. The number of morpholine rings is 1. The molecule has 0 atom stereocenters. The van der Waals surface area contributed by atoms with Crippen molar-refractivity contribution in [2.24, 2.45) is 0 Å². The molecule has 158 valence electrons. The molecule has 0 spiro atoms. The van der Waals surface area contributed by atoms with Crippen molar-refractivity contribution in [2.45, 2.75) is 6.42 Å². The number of rotatable bonds is 6. The van der Waals surface area contributed by atoms with Crippen LogP contribution in [0.4, 0.5) is 5.13 Å². The number of anilines is 1. The molecule has 1 saturated heterocycles. The van der Waals surface area contributed by atoms with E-state index in [9.17, 15) is 4.79 Å². The number of carbonyl (C=O) groups excluding carboxylic acids is 1. The minimum absolute atomic E-state index is 0.138. The lowest BCUT2D eigenvalue weighted by molar-refractivity contribution is 0.0376. The highest BCUT2D eigenvalue weighted by Gasteiger charge is 2.24. The fourth-order valence-electron chi connectivity index (χ4n) is 3.37. The van der Waals surface area contributed by atoms with E-state index < -0.39 is 0 Å². The number of nitrogens with zero attached hydrogens (tertiary/aromatic N) is 3. The van der Waals surface area contributed by atoms with Crippen molar-refractivity contribution in [3.8, 4) is 0 Å². The van der Waals surface area contributed by atoms with Gasteiger partial charge in [-0.05, 0) is 42.8 Å². The number of hydrogen-bond donors (Lipinski definition) is 0. The predicted octanol–water partition coefficient (Wildman–Crippen LogP) is 5.84. The Bertz CT molecular complexity index is 1060. The number of halogens is 3. The first-order chi connectivity index (χ1) is 14.5. The minimum atomic E-state index is -0.138. The second-order valence-electron chi connectivity index (χ2n) is 7.00. The third-order valence-corrected chi connectivity index (χ3v) is 7.29. The standard InChI is InChI=1S/C21H20Br2ClN3O2S/c22-14-2-4-17(24)16(12-14)20(28)27(7-1-6-26-8-10-29-11-9-26)21-25-18-5-3-15(23)13-19(18)30-21/h2-5,12-13H,1,6-11H2. The van der Waals surface area contributed by atoms with Crippen LogP contribution in [0.2, 0.25) is 5.02 Å². The van der Waals surface area contributed by atoms with Gasteiger partial charge >= 0.3 is 0 Å². The highest BCUT2D eigenvalue weighted by atomic mass is 79.9. The van der Waals surface area contributed by atoms with Crippen LogP contribution in [0.25, 0.3) is 10.2 Å². The molecule has 9 heteroatoms. The Hall–Kier alpha value is -1.03. The number of ether oxygens (including phenoxy) is 1. The second-order valence-corrected chi connectivity index (χ2v) is 10.2. The molecule has 1 aliphatic rings. The molecule has 0 radical (unpaired) electrons. The number of fused-ring (bicyclic) bond motifs is 1. The summed E-state index contributed by atoms with van der Waals surface area (Å²) < 4.78 is 8.26. The maximum absolute atomic E-state index is 13.5. The molecule has 30 heavy (non-hydrogen) atoms. The summed E-state index contributed by atoms with van der Waals surface area (Å²) in [5, 5.41) is 1.12. The summed E-state index contributed by atoms with van der Waals surface area (Å²) in [7, 11) is 0. The number of amides is 1. The molecule has 2 heterocycles.